The monoisotopic (exact) mass is 276 g/mol. The van der Waals surface area contributed by atoms with Crippen LogP contribution < -0.4 is 5.32 Å². The van der Waals surface area contributed by atoms with Crippen LogP contribution in [0.3, 0.4) is 0 Å². The molecule has 1 aliphatic carbocycles. The quantitative estimate of drug-likeness (QED) is 0.792. The van der Waals surface area contributed by atoms with Crippen LogP contribution in [0.1, 0.15) is 12.8 Å². The van der Waals surface area contributed by atoms with Crippen molar-refractivity contribution < 1.29 is 0 Å². The molecule has 2 aliphatic heterocycles. The third kappa shape index (κ3) is 1.76. The summed E-state index contributed by atoms with van der Waals surface area (Å²) in [5, 5.41) is 3.51. The molecule has 0 bridgehead atoms. The average Bonchev–Trinajstić information content (AvgIpc) is 2.73. The molecule has 0 saturated carbocycles. The highest BCUT2D eigenvalue weighted by atomic mass is 79.9. The molecule has 0 aromatic rings. The summed E-state index contributed by atoms with van der Waals surface area (Å²) in [6.45, 7) is 0. The fourth-order valence-electron chi connectivity index (χ4n) is 2.11. The van der Waals surface area contributed by atoms with Gasteiger partial charge in [-0.1, -0.05) is 34.2 Å². The van der Waals surface area contributed by atoms with Crippen LogP contribution in [-0.4, -0.2) is 11.1 Å². The van der Waals surface area contributed by atoms with Crippen molar-refractivity contribution in [2.45, 2.75) is 19.0 Å². The minimum atomic E-state index is 0.301. The normalized spacial score (nSPS) is 26.9. The Bertz CT molecular complexity index is 455. The largest absolute Gasteiger partial charge is 0.360 e. The van der Waals surface area contributed by atoms with Crippen LogP contribution in [0.4, 0.5) is 0 Å². The molecule has 16 heavy (non-hydrogen) atoms. The van der Waals surface area contributed by atoms with Gasteiger partial charge in [-0.05, 0) is 35.0 Å². The molecule has 0 radical (unpaired) electrons. The molecule has 2 nitrogen and oxygen atoms in total. The van der Waals surface area contributed by atoms with E-state index in [9.17, 15) is 0 Å². The zero-order valence-electron chi connectivity index (χ0n) is 8.86. The van der Waals surface area contributed by atoms with Gasteiger partial charge in [-0.15, -0.1) is 0 Å². The maximum atomic E-state index is 3.53. The van der Waals surface area contributed by atoms with Crippen molar-refractivity contribution in [2.75, 3.05) is 0 Å². The van der Waals surface area contributed by atoms with E-state index in [0.717, 1.165) is 12.8 Å². The van der Waals surface area contributed by atoms with Gasteiger partial charge in [-0.3, -0.25) is 0 Å². The molecule has 0 amide bonds. The van der Waals surface area contributed by atoms with Gasteiger partial charge in [0.1, 0.15) is 6.17 Å². The number of rotatable bonds is 1. The number of fused-ring (bicyclic) bond motifs is 1. The predicted molar refractivity (Wildman–Crippen MR) is 69.5 cm³/mol. The zero-order valence-corrected chi connectivity index (χ0v) is 10.4. The van der Waals surface area contributed by atoms with Gasteiger partial charge in [0.25, 0.3) is 0 Å². The summed E-state index contributed by atoms with van der Waals surface area (Å²) >= 11 is 3.53. The summed E-state index contributed by atoms with van der Waals surface area (Å²) in [5.41, 5.74) is 2.64. The van der Waals surface area contributed by atoms with Crippen molar-refractivity contribution in [3.63, 3.8) is 0 Å². The van der Waals surface area contributed by atoms with Gasteiger partial charge in [0, 0.05) is 12.4 Å². The molecule has 3 aliphatic rings. The highest BCUT2D eigenvalue weighted by Crippen LogP contribution is 2.29. The Morgan fingerprint density at radius 1 is 1.25 bits per heavy atom. The molecular weight excluding hydrogens is 264 g/mol. The summed E-state index contributed by atoms with van der Waals surface area (Å²) in [4.78, 5) is 2.20. The van der Waals surface area contributed by atoms with Gasteiger partial charge < -0.3 is 10.2 Å². The Morgan fingerprint density at radius 3 is 2.94 bits per heavy atom. The molecular formula is C13H13BrN2. The van der Waals surface area contributed by atoms with Crippen LogP contribution in [0.5, 0.6) is 0 Å². The Hall–Kier alpha value is -1.22. The summed E-state index contributed by atoms with van der Waals surface area (Å²) < 4.78 is 1.28. The van der Waals surface area contributed by atoms with Gasteiger partial charge in [0.2, 0.25) is 0 Å². The smallest absolute Gasteiger partial charge is 0.122 e. The number of halogens is 1. The van der Waals surface area contributed by atoms with Crippen LogP contribution in [0.25, 0.3) is 0 Å². The van der Waals surface area contributed by atoms with Gasteiger partial charge in [-0.2, -0.15) is 0 Å². The summed E-state index contributed by atoms with van der Waals surface area (Å²) in [6.07, 6.45) is 17.4. The van der Waals surface area contributed by atoms with E-state index < -0.39 is 0 Å². The molecule has 3 heteroatoms. The van der Waals surface area contributed by atoms with Crippen molar-refractivity contribution in [2.24, 2.45) is 0 Å². The third-order valence-electron chi connectivity index (χ3n) is 3.01. The SMILES string of the molecule is BrC1=CC=C(C2=CN3C=CC=CC3N2)CC1. The second-order valence-corrected chi connectivity index (χ2v) is 5.13. The van der Waals surface area contributed by atoms with E-state index in [4.69, 9.17) is 0 Å². The standard InChI is InChI=1S/C13H13BrN2/c14-11-6-4-10(5-7-11)12-9-16-8-2-1-3-13(16)15-12/h1-4,6,8-9,13,15H,5,7H2. The lowest BCUT2D eigenvalue weighted by Gasteiger charge is -2.21. The summed E-state index contributed by atoms with van der Waals surface area (Å²) in [5.74, 6) is 0. The van der Waals surface area contributed by atoms with Crippen molar-refractivity contribution >= 4 is 15.9 Å². The molecule has 1 unspecified atom stereocenters. The number of nitrogens with one attached hydrogen (secondary N) is 1. The zero-order chi connectivity index (χ0) is 11.0. The number of allylic oxidation sites excluding steroid dienone is 6. The van der Waals surface area contributed by atoms with Crippen LogP contribution in [0.2, 0.25) is 0 Å². The van der Waals surface area contributed by atoms with E-state index in [0.29, 0.717) is 6.17 Å². The molecule has 0 aromatic heterocycles. The maximum Gasteiger partial charge on any atom is 0.122 e. The lowest BCUT2D eigenvalue weighted by Crippen LogP contribution is -2.32. The Morgan fingerprint density at radius 2 is 2.19 bits per heavy atom. The van der Waals surface area contributed by atoms with E-state index in [1.54, 1.807) is 0 Å². The lowest BCUT2D eigenvalue weighted by molar-refractivity contribution is 0.424. The van der Waals surface area contributed by atoms with Crippen LogP contribution in [0.15, 0.2) is 58.5 Å². The van der Waals surface area contributed by atoms with Gasteiger partial charge in [-0.25, -0.2) is 0 Å². The molecule has 2 heterocycles. The van der Waals surface area contributed by atoms with E-state index >= 15 is 0 Å². The van der Waals surface area contributed by atoms with Crippen molar-refractivity contribution in [3.05, 3.63) is 58.5 Å². The fraction of sp³-hybridized carbons (Fsp3) is 0.231. The minimum Gasteiger partial charge on any atom is -0.360 e. The molecule has 3 rings (SSSR count). The van der Waals surface area contributed by atoms with Gasteiger partial charge in [0.05, 0.1) is 5.70 Å². The van der Waals surface area contributed by atoms with E-state index in [1.165, 1.54) is 15.8 Å². The van der Waals surface area contributed by atoms with Crippen LogP contribution in [-0.2, 0) is 0 Å². The van der Waals surface area contributed by atoms with Gasteiger partial charge >= 0.3 is 0 Å². The Kier molecular flexibility index (Phi) is 2.48. The number of nitrogens with zero attached hydrogens (tertiary/aromatic N) is 1. The second-order valence-electron chi connectivity index (χ2n) is 4.11. The van der Waals surface area contributed by atoms with Crippen LogP contribution >= 0.6 is 15.9 Å². The molecule has 0 saturated heterocycles. The second kappa shape index (κ2) is 3.98. The highest BCUT2D eigenvalue weighted by molar-refractivity contribution is 9.11. The van der Waals surface area contributed by atoms with Crippen molar-refractivity contribution in [1.82, 2.24) is 10.2 Å². The highest BCUT2D eigenvalue weighted by Gasteiger charge is 2.23. The van der Waals surface area contributed by atoms with Gasteiger partial charge in [0.15, 0.2) is 0 Å². The van der Waals surface area contributed by atoms with E-state index in [2.05, 4.69) is 68.9 Å². The van der Waals surface area contributed by atoms with E-state index in [1.807, 2.05) is 0 Å². The van der Waals surface area contributed by atoms with E-state index in [-0.39, 0.29) is 0 Å². The number of hydrogen-bond donors (Lipinski definition) is 1. The predicted octanol–water partition coefficient (Wildman–Crippen LogP) is 3.14. The third-order valence-corrected chi connectivity index (χ3v) is 3.67. The molecule has 82 valence electrons. The fourth-order valence-corrected chi connectivity index (χ4v) is 2.44. The summed E-state index contributed by atoms with van der Waals surface area (Å²) in [6, 6.07) is 0. The van der Waals surface area contributed by atoms with Crippen molar-refractivity contribution in [3.8, 4) is 0 Å². The first-order valence-corrected chi connectivity index (χ1v) is 6.29. The minimum absolute atomic E-state index is 0.301. The van der Waals surface area contributed by atoms with Crippen molar-refractivity contribution in [1.29, 1.82) is 0 Å². The maximum absolute atomic E-state index is 3.53. The van der Waals surface area contributed by atoms with Crippen LogP contribution in [0, 0.1) is 0 Å². The number of hydrogen-bond acceptors (Lipinski definition) is 2. The Labute approximate surface area is 104 Å². The first-order chi connectivity index (χ1) is 7.83. The first-order valence-electron chi connectivity index (χ1n) is 5.49. The molecule has 0 fully saturated rings. The summed E-state index contributed by atoms with van der Waals surface area (Å²) in [7, 11) is 0. The molecule has 0 spiro atoms. The molecule has 1 atom stereocenters. The molecule has 1 N–H and O–H groups in total. The topological polar surface area (TPSA) is 15.3 Å². The molecule has 0 aromatic carbocycles. The lowest BCUT2D eigenvalue weighted by atomic mass is 10.0. The first kappa shape index (κ1) is 9.97. The average molecular weight is 277 g/mol. The Balaban J connectivity index is 1.83.